The molecule has 1 saturated heterocycles. The van der Waals surface area contributed by atoms with Crippen LogP contribution in [0, 0.1) is 0 Å². The van der Waals surface area contributed by atoms with Crippen LogP contribution in [0.1, 0.15) is 37.0 Å². The maximum Gasteiger partial charge on any atom is 0.295 e. The van der Waals surface area contributed by atoms with Gasteiger partial charge in [0.2, 0.25) is 0 Å². The number of ether oxygens (including phenoxy) is 2. The minimum Gasteiger partial charge on any atom is -0.497 e. The van der Waals surface area contributed by atoms with Crippen LogP contribution in [-0.4, -0.2) is 43.1 Å². The molecule has 2 rings (SSSR count). The van der Waals surface area contributed by atoms with Crippen molar-refractivity contribution < 1.29 is 14.3 Å². The van der Waals surface area contributed by atoms with Crippen molar-refractivity contribution in [2.75, 3.05) is 20.2 Å². The first-order chi connectivity index (χ1) is 10.1. The van der Waals surface area contributed by atoms with Gasteiger partial charge in [0, 0.05) is 18.7 Å². The van der Waals surface area contributed by atoms with Gasteiger partial charge in [-0.3, -0.25) is 4.79 Å². The Hall–Kier alpha value is -2.04. The quantitative estimate of drug-likeness (QED) is 0.634. The van der Waals surface area contributed by atoms with E-state index in [1.54, 1.807) is 31.4 Å². The van der Waals surface area contributed by atoms with E-state index >= 15 is 0 Å². The molecule has 0 aliphatic carbocycles. The average molecular weight is 290 g/mol. The summed E-state index contributed by atoms with van der Waals surface area (Å²) in [7, 11) is 1.57. The van der Waals surface area contributed by atoms with Gasteiger partial charge in [0.15, 0.2) is 0 Å². The van der Waals surface area contributed by atoms with Crippen molar-refractivity contribution in [3.63, 3.8) is 0 Å². The van der Waals surface area contributed by atoms with Gasteiger partial charge < -0.3 is 14.4 Å². The summed E-state index contributed by atoms with van der Waals surface area (Å²) in [6.45, 7) is 5.64. The molecule has 1 fully saturated rings. The summed E-state index contributed by atoms with van der Waals surface area (Å²) >= 11 is 0. The van der Waals surface area contributed by atoms with Crippen LogP contribution in [0.4, 0.5) is 0 Å². The van der Waals surface area contributed by atoms with Gasteiger partial charge in [-0.2, -0.15) is 4.99 Å². The zero-order chi connectivity index (χ0) is 15.2. The second-order valence-electron chi connectivity index (χ2n) is 5.29. The first kappa shape index (κ1) is 15.4. The molecule has 114 valence electrons. The summed E-state index contributed by atoms with van der Waals surface area (Å²) in [4.78, 5) is 18.5. The molecule has 1 aromatic carbocycles. The maximum atomic E-state index is 12.3. The molecule has 0 spiro atoms. The lowest BCUT2D eigenvalue weighted by atomic mass is 10.2. The van der Waals surface area contributed by atoms with Crippen molar-refractivity contribution in [2.24, 2.45) is 4.99 Å². The minimum atomic E-state index is -0.309. The monoisotopic (exact) mass is 290 g/mol. The molecular formula is C16H22N2O3. The topological polar surface area (TPSA) is 51.1 Å². The molecule has 1 amide bonds. The number of aliphatic imine (C=N–C) groups is 1. The number of carbonyl (C=O) groups excluding carboxylic acids is 1. The Morgan fingerprint density at radius 1 is 1.29 bits per heavy atom. The maximum absolute atomic E-state index is 12.3. The second kappa shape index (κ2) is 7.11. The predicted molar refractivity (Wildman–Crippen MR) is 81.8 cm³/mol. The van der Waals surface area contributed by atoms with Gasteiger partial charge in [0.05, 0.1) is 13.2 Å². The lowest BCUT2D eigenvalue weighted by Crippen LogP contribution is -2.32. The highest BCUT2D eigenvalue weighted by Crippen LogP contribution is 2.15. The molecule has 0 radical (unpaired) electrons. The number of hydrogen-bond donors (Lipinski definition) is 0. The van der Waals surface area contributed by atoms with E-state index in [4.69, 9.17) is 9.47 Å². The zero-order valence-corrected chi connectivity index (χ0v) is 12.8. The van der Waals surface area contributed by atoms with E-state index < -0.39 is 0 Å². The smallest absolute Gasteiger partial charge is 0.295 e. The number of rotatable bonds is 3. The first-order valence-corrected chi connectivity index (χ1v) is 7.29. The zero-order valence-electron chi connectivity index (χ0n) is 12.8. The highest BCUT2D eigenvalue weighted by Gasteiger charge is 2.20. The summed E-state index contributed by atoms with van der Waals surface area (Å²) in [5, 5.41) is 0. The fraction of sp³-hybridized carbons (Fsp3) is 0.500. The molecule has 0 aromatic heterocycles. The lowest BCUT2D eigenvalue weighted by Gasteiger charge is -2.21. The summed E-state index contributed by atoms with van der Waals surface area (Å²) in [5.74, 6) is 0.333. The van der Waals surface area contributed by atoms with Gasteiger partial charge in [-0.1, -0.05) is 6.07 Å². The minimum absolute atomic E-state index is 0.0116. The molecule has 0 bridgehead atoms. The number of amidine groups is 1. The normalized spacial score (nSPS) is 15.4. The summed E-state index contributed by atoms with van der Waals surface area (Å²) < 4.78 is 10.8. The van der Waals surface area contributed by atoms with Gasteiger partial charge in [0.25, 0.3) is 11.9 Å². The first-order valence-electron chi connectivity index (χ1n) is 7.29. The Morgan fingerprint density at radius 3 is 2.62 bits per heavy atom. The molecule has 5 nitrogen and oxygen atoms in total. The van der Waals surface area contributed by atoms with Gasteiger partial charge in [-0.05, 0) is 44.9 Å². The molecule has 0 atom stereocenters. The number of amides is 1. The molecule has 1 aromatic rings. The summed E-state index contributed by atoms with van der Waals surface area (Å²) in [6.07, 6.45) is 2.20. The van der Waals surface area contributed by atoms with Gasteiger partial charge in [-0.15, -0.1) is 0 Å². The SMILES string of the molecule is COc1cccc(C(=O)N=C(OC(C)C)N2CCCC2)c1. The van der Waals surface area contributed by atoms with Crippen LogP contribution in [0.25, 0.3) is 0 Å². The van der Waals surface area contributed by atoms with Crippen molar-refractivity contribution in [3.8, 4) is 5.75 Å². The molecule has 1 heterocycles. The van der Waals surface area contributed by atoms with E-state index in [1.807, 2.05) is 18.7 Å². The van der Waals surface area contributed by atoms with Crippen LogP contribution in [-0.2, 0) is 4.74 Å². The Morgan fingerprint density at radius 2 is 2.00 bits per heavy atom. The Kier molecular flexibility index (Phi) is 5.20. The van der Waals surface area contributed by atoms with E-state index in [1.165, 1.54) is 0 Å². The van der Waals surface area contributed by atoms with Crippen molar-refractivity contribution >= 4 is 11.9 Å². The molecule has 5 heteroatoms. The van der Waals surface area contributed by atoms with Crippen molar-refractivity contribution in [1.82, 2.24) is 4.90 Å². The van der Waals surface area contributed by atoms with E-state index in [-0.39, 0.29) is 12.0 Å². The lowest BCUT2D eigenvalue weighted by molar-refractivity contribution is 0.0989. The molecule has 1 aliphatic heterocycles. The number of benzene rings is 1. The van der Waals surface area contributed by atoms with E-state index in [0.29, 0.717) is 17.3 Å². The van der Waals surface area contributed by atoms with Crippen molar-refractivity contribution in [1.29, 1.82) is 0 Å². The Labute approximate surface area is 125 Å². The number of methoxy groups -OCH3 is 1. The molecule has 0 saturated carbocycles. The summed E-state index contributed by atoms with van der Waals surface area (Å²) in [6, 6.07) is 7.41. The van der Waals surface area contributed by atoms with Gasteiger partial charge >= 0.3 is 0 Å². The van der Waals surface area contributed by atoms with Crippen LogP contribution >= 0.6 is 0 Å². The molecule has 0 N–H and O–H groups in total. The highest BCUT2D eigenvalue weighted by atomic mass is 16.5. The van der Waals surface area contributed by atoms with Crippen molar-refractivity contribution in [3.05, 3.63) is 29.8 Å². The third-order valence-electron chi connectivity index (χ3n) is 3.23. The number of likely N-dealkylation sites (tertiary alicyclic amines) is 1. The second-order valence-corrected chi connectivity index (χ2v) is 5.29. The summed E-state index contributed by atoms with van der Waals surface area (Å²) in [5.41, 5.74) is 0.499. The van der Waals surface area contributed by atoms with Crippen LogP contribution in [0.5, 0.6) is 5.75 Å². The average Bonchev–Trinajstić information content (AvgIpc) is 3.00. The number of hydrogen-bond acceptors (Lipinski definition) is 3. The number of nitrogens with zero attached hydrogens (tertiary/aromatic N) is 2. The third kappa shape index (κ3) is 4.21. The fourth-order valence-corrected chi connectivity index (χ4v) is 2.20. The molecule has 1 aliphatic rings. The van der Waals surface area contributed by atoms with Gasteiger partial charge in [0.1, 0.15) is 5.75 Å². The van der Waals surface area contributed by atoms with E-state index in [9.17, 15) is 4.79 Å². The highest BCUT2D eigenvalue weighted by molar-refractivity contribution is 6.01. The predicted octanol–water partition coefficient (Wildman–Crippen LogP) is 2.71. The van der Waals surface area contributed by atoms with Crippen LogP contribution in [0.15, 0.2) is 29.3 Å². The number of carbonyl (C=O) groups is 1. The van der Waals surface area contributed by atoms with Crippen LogP contribution < -0.4 is 4.74 Å². The van der Waals surface area contributed by atoms with E-state index in [0.717, 1.165) is 25.9 Å². The fourth-order valence-electron chi connectivity index (χ4n) is 2.20. The molecular weight excluding hydrogens is 268 g/mol. The van der Waals surface area contributed by atoms with Crippen LogP contribution in [0.3, 0.4) is 0 Å². The van der Waals surface area contributed by atoms with Gasteiger partial charge in [-0.25, -0.2) is 0 Å². The standard InChI is InChI=1S/C16H22N2O3/c1-12(2)21-16(18-9-4-5-10-18)17-15(19)13-7-6-8-14(11-13)20-3/h6-8,11-12H,4-5,9-10H2,1-3H3. The molecule has 21 heavy (non-hydrogen) atoms. The molecule has 0 unspecified atom stereocenters. The van der Waals surface area contributed by atoms with Crippen molar-refractivity contribution in [2.45, 2.75) is 32.8 Å². The Bertz CT molecular complexity index is 520. The Balaban J connectivity index is 2.20. The third-order valence-corrected chi connectivity index (χ3v) is 3.23. The van der Waals surface area contributed by atoms with Crippen LogP contribution in [0.2, 0.25) is 0 Å². The largest absolute Gasteiger partial charge is 0.497 e. The van der Waals surface area contributed by atoms with E-state index in [2.05, 4.69) is 4.99 Å².